The quantitative estimate of drug-likeness (QED) is 0.280. The molecule has 0 radical (unpaired) electrons. The summed E-state index contributed by atoms with van der Waals surface area (Å²) in [5.74, 6) is -1.13. The second kappa shape index (κ2) is 10.0. The lowest BCUT2D eigenvalue weighted by molar-refractivity contribution is -0.384. The first kappa shape index (κ1) is 24.9. The Kier molecular flexibility index (Phi) is 7.33. The first-order chi connectivity index (χ1) is 16.0. The summed E-state index contributed by atoms with van der Waals surface area (Å²) in [5.41, 5.74) is 0.768. The van der Waals surface area contributed by atoms with E-state index >= 15 is 0 Å². The van der Waals surface area contributed by atoms with Gasteiger partial charge in [-0.3, -0.25) is 24.0 Å². The highest BCUT2D eigenvalue weighted by Gasteiger charge is 2.25. The molecule has 1 amide bonds. The average Bonchev–Trinajstić information content (AvgIpc) is 2.78. The zero-order valence-electron chi connectivity index (χ0n) is 18.2. The van der Waals surface area contributed by atoms with Crippen molar-refractivity contribution in [2.45, 2.75) is 6.92 Å². The van der Waals surface area contributed by atoms with Crippen molar-refractivity contribution in [3.8, 4) is 0 Å². The van der Waals surface area contributed by atoms with Crippen LogP contribution in [0.5, 0.6) is 0 Å². The van der Waals surface area contributed by atoms with Crippen LogP contribution in [0.1, 0.15) is 21.5 Å². The summed E-state index contributed by atoms with van der Waals surface area (Å²) in [7, 11) is -3.98. The molecule has 0 aliphatic rings. The molecule has 1 N–H and O–H groups in total. The Hall–Kier alpha value is -3.76. The largest absolute Gasteiger partial charge is 0.324 e. The number of non-ortho nitro benzene ring substituents is 1. The van der Waals surface area contributed by atoms with Gasteiger partial charge in [0.05, 0.1) is 22.6 Å². The summed E-state index contributed by atoms with van der Waals surface area (Å²) in [5, 5.41) is 14.0. The summed E-state index contributed by atoms with van der Waals surface area (Å²) in [6.45, 7) is 0.910. The number of hydrogen-bond acceptors (Lipinski definition) is 6. The highest BCUT2D eigenvalue weighted by molar-refractivity contribution is 7.92. The van der Waals surface area contributed by atoms with Gasteiger partial charge in [0, 0.05) is 28.3 Å². The zero-order chi connectivity index (χ0) is 25.0. The Labute approximate surface area is 201 Å². The van der Waals surface area contributed by atoms with Gasteiger partial charge in [-0.15, -0.1) is 0 Å². The van der Waals surface area contributed by atoms with Crippen molar-refractivity contribution in [3.63, 3.8) is 0 Å². The number of hydrogen-bond donors (Lipinski definition) is 1. The third kappa shape index (κ3) is 5.77. The Balaban J connectivity index is 1.93. The van der Waals surface area contributed by atoms with Crippen LogP contribution in [0.15, 0.2) is 66.7 Å². The van der Waals surface area contributed by atoms with Gasteiger partial charge in [0.2, 0.25) is 15.9 Å². The maximum absolute atomic E-state index is 13.0. The Bertz CT molecular complexity index is 1380. The molecule has 0 heterocycles. The maximum Gasteiger partial charge on any atom is 0.271 e. The van der Waals surface area contributed by atoms with Crippen LogP contribution in [0.25, 0.3) is 0 Å². The van der Waals surface area contributed by atoms with Gasteiger partial charge >= 0.3 is 0 Å². The molecule has 176 valence electrons. The third-order valence-electron chi connectivity index (χ3n) is 4.90. The molecule has 11 heteroatoms. The SMILES string of the molecule is Cc1ccc([N+](=O)[O-])cc1N(CC(=O)Nc1ccc(Cl)cc1C(=O)c1ccccc1)S(C)(=O)=O. The highest BCUT2D eigenvalue weighted by Crippen LogP contribution is 2.28. The van der Waals surface area contributed by atoms with E-state index in [0.29, 0.717) is 11.1 Å². The van der Waals surface area contributed by atoms with E-state index in [1.165, 1.54) is 30.3 Å². The minimum atomic E-state index is -3.98. The molecule has 9 nitrogen and oxygen atoms in total. The van der Waals surface area contributed by atoms with Crippen LogP contribution in [0, 0.1) is 17.0 Å². The van der Waals surface area contributed by atoms with Gasteiger partial charge in [0.25, 0.3) is 5.69 Å². The van der Waals surface area contributed by atoms with Gasteiger partial charge in [0.1, 0.15) is 6.54 Å². The van der Waals surface area contributed by atoms with Crippen LogP contribution < -0.4 is 9.62 Å². The number of ketones is 1. The van der Waals surface area contributed by atoms with Crippen LogP contribution in [0.3, 0.4) is 0 Å². The molecule has 3 aromatic carbocycles. The van der Waals surface area contributed by atoms with Crippen LogP contribution in [0.4, 0.5) is 17.1 Å². The predicted octanol–water partition coefficient (Wildman–Crippen LogP) is 4.19. The molecule has 0 saturated heterocycles. The van der Waals surface area contributed by atoms with Gasteiger partial charge in [-0.05, 0) is 30.7 Å². The number of aryl methyl sites for hydroxylation is 1. The molecular formula is C23H20ClN3O6S. The normalized spacial score (nSPS) is 11.0. The smallest absolute Gasteiger partial charge is 0.271 e. The summed E-state index contributed by atoms with van der Waals surface area (Å²) >= 11 is 6.06. The second-order valence-electron chi connectivity index (χ2n) is 7.43. The number of nitrogens with one attached hydrogen (secondary N) is 1. The standard InChI is InChI=1S/C23H20ClN3O6S/c1-15-8-10-18(27(30)31)13-21(15)26(34(2,32)33)14-22(28)25-20-11-9-17(24)12-19(20)23(29)16-6-4-3-5-7-16/h3-13H,14H2,1-2H3,(H,25,28). The van der Waals surface area contributed by atoms with E-state index in [0.717, 1.165) is 16.6 Å². The number of nitro groups is 1. The Morgan fingerprint density at radius 2 is 1.74 bits per heavy atom. The topological polar surface area (TPSA) is 127 Å². The van der Waals surface area contributed by atoms with Crippen molar-refractivity contribution in [3.05, 3.63) is 98.6 Å². The highest BCUT2D eigenvalue weighted by atomic mass is 35.5. The lowest BCUT2D eigenvalue weighted by Gasteiger charge is -2.23. The Morgan fingerprint density at radius 3 is 2.35 bits per heavy atom. The molecule has 0 atom stereocenters. The number of rotatable bonds is 8. The molecule has 34 heavy (non-hydrogen) atoms. The van der Waals surface area contributed by atoms with Crippen molar-refractivity contribution in [1.82, 2.24) is 0 Å². The van der Waals surface area contributed by atoms with Crippen molar-refractivity contribution in [2.75, 3.05) is 22.4 Å². The summed E-state index contributed by atoms with van der Waals surface area (Å²) in [6, 6.07) is 16.5. The van der Waals surface area contributed by atoms with Gasteiger partial charge < -0.3 is 5.32 Å². The molecule has 0 aromatic heterocycles. The van der Waals surface area contributed by atoms with Crippen molar-refractivity contribution < 1.29 is 22.9 Å². The number of carbonyl (C=O) groups excluding carboxylic acids is 2. The molecule has 0 fully saturated rings. The van der Waals surface area contributed by atoms with Crippen LogP contribution in [-0.2, 0) is 14.8 Å². The minimum Gasteiger partial charge on any atom is -0.324 e. The summed E-state index contributed by atoms with van der Waals surface area (Å²) in [4.78, 5) is 36.4. The number of anilines is 2. The lowest BCUT2D eigenvalue weighted by Crippen LogP contribution is -2.38. The first-order valence-corrected chi connectivity index (χ1v) is 12.1. The number of sulfonamides is 1. The van der Waals surface area contributed by atoms with Crippen LogP contribution in [0.2, 0.25) is 5.02 Å². The number of amides is 1. The molecule has 0 spiro atoms. The number of benzene rings is 3. The number of nitrogens with zero attached hydrogens (tertiary/aromatic N) is 2. The number of carbonyl (C=O) groups is 2. The van der Waals surface area contributed by atoms with Crippen molar-refractivity contribution in [1.29, 1.82) is 0 Å². The fourth-order valence-corrected chi connectivity index (χ4v) is 4.32. The molecule has 0 bridgehead atoms. The van der Waals surface area contributed by atoms with E-state index in [9.17, 15) is 28.1 Å². The molecular weight excluding hydrogens is 482 g/mol. The summed E-state index contributed by atoms with van der Waals surface area (Å²) < 4.78 is 25.7. The third-order valence-corrected chi connectivity index (χ3v) is 6.26. The fraction of sp³-hybridized carbons (Fsp3) is 0.130. The van der Waals surface area contributed by atoms with Crippen LogP contribution >= 0.6 is 11.6 Å². The minimum absolute atomic E-state index is 0.00328. The van der Waals surface area contributed by atoms with E-state index in [1.54, 1.807) is 37.3 Å². The number of nitro benzene ring substituents is 1. The van der Waals surface area contributed by atoms with Crippen LogP contribution in [-0.4, -0.2) is 37.8 Å². The average molecular weight is 502 g/mol. The predicted molar refractivity (Wildman–Crippen MR) is 130 cm³/mol. The zero-order valence-corrected chi connectivity index (χ0v) is 19.8. The van der Waals surface area contributed by atoms with E-state index in [4.69, 9.17) is 11.6 Å². The maximum atomic E-state index is 13.0. The van der Waals surface area contributed by atoms with Crippen molar-refractivity contribution in [2.24, 2.45) is 0 Å². The molecule has 0 unspecified atom stereocenters. The van der Waals surface area contributed by atoms with E-state index in [-0.39, 0.29) is 33.4 Å². The van der Waals surface area contributed by atoms with E-state index in [2.05, 4.69) is 5.32 Å². The van der Waals surface area contributed by atoms with E-state index < -0.39 is 27.4 Å². The number of halogens is 1. The lowest BCUT2D eigenvalue weighted by atomic mass is 10.0. The van der Waals surface area contributed by atoms with Gasteiger partial charge in [0.15, 0.2) is 5.78 Å². The van der Waals surface area contributed by atoms with Gasteiger partial charge in [-0.25, -0.2) is 8.42 Å². The molecule has 0 saturated carbocycles. The van der Waals surface area contributed by atoms with Gasteiger partial charge in [-0.2, -0.15) is 0 Å². The van der Waals surface area contributed by atoms with E-state index in [1.807, 2.05) is 0 Å². The molecule has 0 aliphatic heterocycles. The second-order valence-corrected chi connectivity index (χ2v) is 9.77. The Morgan fingerprint density at radius 1 is 1.06 bits per heavy atom. The molecule has 3 aromatic rings. The molecule has 0 aliphatic carbocycles. The summed E-state index contributed by atoms with van der Waals surface area (Å²) in [6.07, 6.45) is 0.894. The fourth-order valence-electron chi connectivity index (χ4n) is 3.24. The van der Waals surface area contributed by atoms with Gasteiger partial charge in [-0.1, -0.05) is 48.0 Å². The molecule has 3 rings (SSSR count). The first-order valence-electron chi connectivity index (χ1n) is 9.89. The van der Waals surface area contributed by atoms with Crippen molar-refractivity contribution >= 4 is 50.4 Å². The monoisotopic (exact) mass is 501 g/mol.